The predicted octanol–water partition coefficient (Wildman–Crippen LogP) is 0.871. The summed E-state index contributed by atoms with van der Waals surface area (Å²) < 4.78 is 14.1. The van der Waals surface area contributed by atoms with Crippen molar-refractivity contribution in [3.05, 3.63) is 50.4 Å². The fourth-order valence-electron chi connectivity index (χ4n) is 3.51. The van der Waals surface area contributed by atoms with E-state index in [1.165, 1.54) is 12.1 Å². The number of aromatic nitrogens is 1. The van der Waals surface area contributed by atoms with Crippen LogP contribution in [0.5, 0.6) is 0 Å². The number of nitriles is 1. The van der Waals surface area contributed by atoms with Crippen molar-refractivity contribution in [3.63, 3.8) is 0 Å². The van der Waals surface area contributed by atoms with Gasteiger partial charge in [-0.2, -0.15) is 5.26 Å². The average Bonchev–Trinajstić information content (AvgIpc) is 2.64. The molecule has 1 aromatic heterocycles. The number of amides is 1. The van der Waals surface area contributed by atoms with Gasteiger partial charge in [-0.05, 0) is 37.6 Å². The number of carbonyl (C=O) groups excluding carboxylic acids is 1. The van der Waals surface area contributed by atoms with Crippen molar-refractivity contribution >= 4 is 16.8 Å². The van der Waals surface area contributed by atoms with Crippen molar-refractivity contribution in [2.45, 2.75) is 32.5 Å². The first-order valence-electron chi connectivity index (χ1n) is 8.97. The molecule has 1 amide bonds. The Bertz CT molecular complexity index is 1040. The van der Waals surface area contributed by atoms with Crippen LogP contribution in [-0.4, -0.2) is 40.9 Å². The molecule has 3 atom stereocenters. The molecule has 8 nitrogen and oxygen atoms in total. The second kappa shape index (κ2) is 7.86. The maximum Gasteiger partial charge on any atom is 0.274 e. The zero-order chi connectivity index (χ0) is 20.4. The Balaban J connectivity index is 1.73. The highest BCUT2D eigenvalue weighted by Gasteiger charge is 2.39. The Hall–Kier alpha value is -3.12. The van der Waals surface area contributed by atoms with Crippen LogP contribution in [0.2, 0.25) is 0 Å². The van der Waals surface area contributed by atoms with Gasteiger partial charge in [0.15, 0.2) is 0 Å². The number of fused-ring (bicyclic) bond motifs is 1. The number of aryl methyl sites for hydroxylation is 1. The van der Waals surface area contributed by atoms with Gasteiger partial charge in [-0.15, -0.1) is 0 Å². The number of nitrogens with zero attached hydrogens (tertiary/aromatic N) is 2. The lowest BCUT2D eigenvalue weighted by atomic mass is 10.0. The minimum absolute atomic E-state index is 0.0778. The van der Waals surface area contributed by atoms with Crippen molar-refractivity contribution in [3.8, 4) is 6.07 Å². The molecule has 1 fully saturated rings. The number of halogens is 1. The van der Waals surface area contributed by atoms with Crippen molar-refractivity contribution in [1.82, 2.24) is 15.6 Å². The first kappa shape index (κ1) is 19.6. The van der Waals surface area contributed by atoms with Crippen molar-refractivity contribution < 1.29 is 13.9 Å². The number of hydrogen-bond acceptors (Lipinski definition) is 5. The Kier molecular flexibility index (Phi) is 5.51. The summed E-state index contributed by atoms with van der Waals surface area (Å²) in [4.78, 5) is 39.5. The van der Waals surface area contributed by atoms with E-state index in [0.29, 0.717) is 28.6 Å². The van der Waals surface area contributed by atoms with E-state index in [4.69, 9.17) is 5.26 Å². The number of pyridine rings is 1. The molecule has 146 valence electrons. The summed E-state index contributed by atoms with van der Waals surface area (Å²) >= 11 is 0. The van der Waals surface area contributed by atoms with Gasteiger partial charge in [-0.25, -0.2) is 4.39 Å². The van der Waals surface area contributed by atoms with Gasteiger partial charge in [0.05, 0.1) is 18.0 Å². The largest absolute Gasteiger partial charge is 0.345 e. The summed E-state index contributed by atoms with van der Waals surface area (Å²) in [6.07, 6.45) is -0.807. The van der Waals surface area contributed by atoms with Gasteiger partial charge in [0.25, 0.3) is 11.7 Å². The van der Waals surface area contributed by atoms with Gasteiger partial charge in [-0.1, -0.05) is 0 Å². The number of rotatable bonds is 4. The molecule has 0 bridgehead atoms. The van der Waals surface area contributed by atoms with Crippen LogP contribution >= 0.6 is 0 Å². The lowest BCUT2D eigenvalue weighted by molar-refractivity contribution is -0.608. The minimum Gasteiger partial charge on any atom is -0.345 e. The van der Waals surface area contributed by atoms with Crippen molar-refractivity contribution in [2.24, 2.45) is 5.92 Å². The Morgan fingerprint density at radius 3 is 2.93 bits per heavy atom. The zero-order valence-corrected chi connectivity index (χ0v) is 15.6. The molecular formula is C19H21FN5O3+. The number of benzene rings is 1. The van der Waals surface area contributed by atoms with E-state index in [0.717, 1.165) is 4.76 Å². The van der Waals surface area contributed by atoms with E-state index in [9.17, 15) is 18.9 Å². The number of H-pyrrole nitrogens is 1. The molecule has 0 aliphatic carbocycles. The molecule has 0 spiro atoms. The Morgan fingerprint density at radius 2 is 2.25 bits per heavy atom. The second-order valence-electron chi connectivity index (χ2n) is 7.06. The lowest BCUT2D eigenvalue weighted by Gasteiger charge is -2.24. The highest BCUT2D eigenvalue weighted by atomic mass is 19.1. The maximum atomic E-state index is 13.4. The smallest absolute Gasteiger partial charge is 0.274 e. The molecule has 1 aromatic carbocycles. The van der Waals surface area contributed by atoms with Gasteiger partial charge in [0.2, 0.25) is 12.5 Å². The first-order valence-corrected chi connectivity index (χ1v) is 8.97. The van der Waals surface area contributed by atoms with E-state index in [2.05, 4.69) is 15.6 Å². The number of carbonyl (C=O) groups is 1. The molecule has 9 heteroatoms. The number of nitrogens with one attached hydrogen (secondary N) is 3. The van der Waals surface area contributed by atoms with Crippen LogP contribution < -0.4 is 16.2 Å². The third-order valence-corrected chi connectivity index (χ3v) is 5.03. The van der Waals surface area contributed by atoms with Crippen molar-refractivity contribution in [1.29, 1.82) is 5.26 Å². The molecule has 2 aromatic rings. The number of aromatic amines is 1. The maximum absolute atomic E-state index is 13.4. The fraction of sp³-hybridized carbons (Fsp3) is 0.421. The van der Waals surface area contributed by atoms with Crippen molar-refractivity contribution in [2.75, 3.05) is 13.1 Å². The summed E-state index contributed by atoms with van der Waals surface area (Å²) in [5.74, 6) is -1.25. The van der Waals surface area contributed by atoms with Gasteiger partial charge in [-0.3, -0.25) is 14.9 Å². The highest BCUT2D eigenvalue weighted by molar-refractivity contribution is 5.85. The molecule has 2 heterocycles. The summed E-state index contributed by atoms with van der Waals surface area (Å²) in [7, 11) is 0. The second-order valence-corrected chi connectivity index (χ2v) is 7.06. The van der Waals surface area contributed by atoms with E-state index >= 15 is 0 Å². The van der Waals surface area contributed by atoms with Gasteiger partial charge in [0.1, 0.15) is 17.8 Å². The van der Waals surface area contributed by atoms with E-state index in [1.807, 2.05) is 6.07 Å². The van der Waals surface area contributed by atoms with Gasteiger partial charge < -0.3 is 10.3 Å². The van der Waals surface area contributed by atoms with Crippen LogP contribution in [0, 0.1) is 34.9 Å². The van der Waals surface area contributed by atoms with Crippen LogP contribution in [0.25, 0.3) is 10.9 Å². The van der Waals surface area contributed by atoms with Crippen LogP contribution in [0.1, 0.15) is 18.1 Å². The number of nitroso groups, excluding NO2 is 1. The van der Waals surface area contributed by atoms with E-state index in [1.54, 1.807) is 19.9 Å². The molecule has 1 aliphatic heterocycles. The van der Waals surface area contributed by atoms with Crippen LogP contribution in [0.4, 0.5) is 4.39 Å². The van der Waals surface area contributed by atoms with E-state index in [-0.39, 0.29) is 18.9 Å². The molecule has 3 N–H and O–H groups in total. The molecule has 1 saturated heterocycles. The summed E-state index contributed by atoms with van der Waals surface area (Å²) in [6.45, 7) is 3.85. The third kappa shape index (κ3) is 3.92. The van der Waals surface area contributed by atoms with Crippen LogP contribution in [0.3, 0.4) is 0 Å². The monoisotopic (exact) mass is 386 g/mol. The molecule has 1 aliphatic rings. The topological polar surface area (TPSA) is 118 Å². The van der Waals surface area contributed by atoms with Crippen LogP contribution in [-0.2, 0) is 11.2 Å². The Labute approximate surface area is 160 Å². The lowest BCUT2D eigenvalue weighted by Crippen LogP contribution is -2.59. The van der Waals surface area contributed by atoms with E-state index < -0.39 is 29.5 Å². The Morgan fingerprint density at radius 1 is 1.50 bits per heavy atom. The van der Waals surface area contributed by atoms with Crippen LogP contribution in [0.15, 0.2) is 23.0 Å². The average molecular weight is 386 g/mol. The molecule has 3 rings (SSSR count). The minimum atomic E-state index is -0.646. The SMILES string of the molecule is Cc1c(CC(=O)N[C@H](C)C2NCC(C#N)C[N+]2=O)c(=O)[nH]c2cc(F)ccc12. The highest BCUT2D eigenvalue weighted by Crippen LogP contribution is 2.19. The molecule has 0 saturated carbocycles. The first-order chi connectivity index (χ1) is 13.3. The third-order valence-electron chi connectivity index (χ3n) is 5.03. The summed E-state index contributed by atoms with van der Waals surface area (Å²) in [5, 5.41) is 15.3. The summed E-state index contributed by atoms with van der Waals surface area (Å²) in [5.41, 5.74) is 0.834. The quantitative estimate of drug-likeness (QED) is 0.674. The molecule has 28 heavy (non-hydrogen) atoms. The predicted molar refractivity (Wildman–Crippen MR) is 100.0 cm³/mol. The zero-order valence-electron chi connectivity index (χ0n) is 15.6. The fourth-order valence-corrected chi connectivity index (χ4v) is 3.51. The van der Waals surface area contributed by atoms with Gasteiger partial charge in [0, 0.05) is 27.2 Å². The standard InChI is InChI=1S/C19H20FN5O3/c1-10-14-4-3-13(20)5-16(14)24-19(27)15(10)6-17(26)23-11(2)18-22-8-12(7-21)9-25(18)28/h3-5,11-12,18,22H,6,8-9H2,1-2H3,(H-,23,24,26,27)/p+1/t11-,12?,18?/m1/s1. The summed E-state index contributed by atoms with van der Waals surface area (Å²) in [6, 6.07) is 5.63. The molecule has 2 unspecified atom stereocenters. The number of hydrogen-bond donors (Lipinski definition) is 3. The normalized spacial score (nSPS) is 20.6. The molecule has 0 radical (unpaired) electrons. The molecular weight excluding hydrogens is 365 g/mol. The van der Waals surface area contributed by atoms with Gasteiger partial charge >= 0.3 is 0 Å².